The number of likely N-dealkylation sites (N-methyl/N-ethyl adjacent to an activating group) is 2. The Morgan fingerprint density at radius 2 is 1.84 bits per heavy atom. The van der Waals surface area contributed by atoms with Gasteiger partial charge < -0.3 is 20.1 Å². The summed E-state index contributed by atoms with van der Waals surface area (Å²) in [5, 5.41) is 9.44. The maximum absolute atomic E-state index is 14.9. The van der Waals surface area contributed by atoms with Crippen LogP contribution in [0.25, 0.3) is 0 Å². The van der Waals surface area contributed by atoms with Crippen molar-refractivity contribution in [3.63, 3.8) is 0 Å². The summed E-state index contributed by atoms with van der Waals surface area (Å²) in [5.41, 5.74) is 2.40. The molecule has 0 bridgehead atoms. The first-order valence-corrected chi connectivity index (χ1v) is 10.5. The number of nitrogens with one attached hydrogen (secondary N) is 1. The van der Waals surface area contributed by atoms with Crippen LogP contribution in [0.15, 0.2) is 53.7 Å². The third-order valence-corrected chi connectivity index (χ3v) is 5.91. The number of nitrogens with zero attached hydrogens (tertiary/aromatic N) is 3. The molecular weight excluding hydrogens is 412 g/mol. The van der Waals surface area contributed by atoms with Gasteiger partial charge in [0.15, 0.2) is 0 Å². The highest BCUT2D eigenvalue weighted by Gasteiger charge is 2.27. The molecule has 0 aliphatic carbocycles. The maximum atomic E-state index is 14.9. The Balaban J connectivity index is 1.77. The van der Waals surface area contributed by atoms with Gasteiger partial charge in [-0.05, 0) is 50.8 Å². The van der Waals surface area contributed by atoms with Gasteiger partial charge in [-0.15, -0.1) is 0 Å². The lowest BCUT2D eigenvalue weighted by Crippen LogP contribution is -2.75. The van der Waals surface area contributed by atoms with Gasteiger partial charge in [0, 0.05) is 57.1 Å². The summed E-state index contributed by atoms with van der Waals surface area (Å²) in [6.07, 6.45) is 1.97. The van der Waals surface area contributed by atoms with Gasteiger partial charge in [-0.3, -0.25) is 10.1 Å². The molecule has 2 aromatic rings. The number of carbonyl (C=O) groups excluding carboxylic acids is 1. The predicted octanol–water partition coefficient (Wildman–Crippen LogP) is 2.89. The number of hydrogen-bond acceptors (Lipinski definition) is 4. The normalized spacial score (nSPS) is 16.8. The van der Waals surface area contributed by atoms with Crippen molar-refractivity contribution in [1.29, 1.82) is 5.41 Å². The minimum absolute atomic E-state index is 0.176. The van der Waals surface area contributed by atoms with Crippen LogP contribution in [-0.4, -0.2) is 57.3 Å². The largest absolute Gasteiger partial charge is 0.368 e. The number of anilines is 2. The number of carbonyl (C=O) groups is 1. The van der Waals surface area contributed by atoms with Crippen LogP contribution in [0.4, 0.5) is 25.8 Å². The van der Waals surface area contributed by atoms with E-state index in [9.17, 15) is 13.6 Å². The average molecular weight is 443 g/mol. The van der Waals surface area contributed by atoms with Crippen molar-refractivity contribution in [1.82, 2.24) is 4.90 Å². The molecule has 3 N–H and O–H groups in total. The second-order valence-corrected chi connectivity index (χ2v) is 8.29. The molecule has 6 nitrogen and oxygen atoms in total. The minimum atomic E-state index is -0.420. The Morgan fingerprint density at radius 1 is 1.16 bits per heavy atom. The maximum Gasteiger partial charge on any atom is 0.265 e. The van der Waals surface area contributed by atoms with E-state index in [0.717, 1.165) is 31.4 Å². The summed E-state index contributed by atoms with van der Waals surface area (Å²) in [4.78, 5) is 18.5. The molecule has 0 saturated carbocycles. The summed E-state index contributed by atoms with van der Waals surface area (Å²) in [6.45, 7) is 3.26. The second-order valence-electron chi connectivity index (χ2n) is 8.29. The van der Waals surface area contributed by atoms with Crippen molar-refractivity contribution in [3.8, 4) is 0 Å². The summed E-state index contributed by atoms with van der Waals surface area (Å²) in [6, 6.07) is 11.0. The molecule has 1 aliphatic heterocycles. The molecule has 1 unspecified atom stereocenters. The Hall–Kier alpha value is -3.10. The van der Waals surface area contributed by atoms with Crippen molar-refractivity contribution in [2.45, 2.75) is 19.4 Å². The van der Waals surface area contributed by atoms with Gasteiger partial charge in [-0.1, -0.05) is 0 Å². The SMILES string of the molecule is C/C([NH2+]c1ccc(F)cc1)=C(/C=N)C(=O)N(C)c1ccc(N2CCC(N(C)C)C2)c(F)c1. The number of benzene rings is 2. The van der Waals surface area contributed by atoms with E-state index in [4.69, 9.17) is 5.41 Å². The molecule has 0 aromatic heterocycles. The van der Waals surface area contributed by atoms with Crippen LogP contribution >= 0.6 is 0 Å². The molecule has 32 heavy (non-hydrogen) atoms. The Kier molecular flexibility index (Phi) is 7.37. The lowest BCUT2D eigenvalue weighted by atomic mass is 10.1. The van der Waals surface area contributed by atoms with E-state index in [1.807, 2.05) is 19.0 Å². The van der Waals surface area contributed by atoms with Gasteiger partial charge in [0.25, 0.3) is 5.91 Å². The highest BCUT2D eigenvalue weighted by Crippen LogP contribution is 2.28. The molecule has 0 radical (unpaired) electrons. The molecule has 1 fully saturated rings. The van der Waals surface area contributed by atoms with Crippen molar-refractivity contribution in [3.05, 3.63) is 65.4 Å². The molecule has 170 valence electrons. The number of rotatable bonds is 7. The standard InChI is InChI=1S/C24H29F2N5O/c1-16(28-18-7-5-17(25)6-8-18)21(14-27)24(32)30(4)19-9-10-23(22(26)13-19)31-12-11-20(15-31)29(2)3/h5-10,13-14,20,27-28H,11-12,15H2,1-4H3/p+1/b21-16+,27-14?. The minimum Gasteiger partial charge on any atom is -0.368 e. The first-order valence-electron chi connectivity index (χ1n) is 10.5. The van der Waals surface area contributed by atoms with Crippen LogP contribution in [0.1, 0.15) is 13.3 Å². The van der Waals surface area contributed by atoms with E-state index in [2.05, 4.69) is 4.90 Å². The predicted molar refractivity (Wildman–Crippen MR) is 124 cm³/mol. The quantitative estimate of drug-likeness (QED) is 0.394. The zero-order chi connectivity index (χ0) is 23.4. The van der Waals surface area contributed by atoms with Crippen LogP contribution in [0.3, 0.4) is 0 Å². The highest BCUT2D eigenvalue weighted by molar-refractivity contribution is 6.18. The molecule has 0 spiro atoms. The van der Waals surface area contributed by atoms with E-state index in [1.54, 1.807) is 43.6 Å². The molecule has 1 heterocycles. The van der Waals surface area contributed by atoms with Crippen LogP contribution in [0.5, 0.6) is 0 Å². The first-order chi connectivity index (χ1) is 15.2. The number of quaternary nitrogens is 1. The lowest BCUT2D eigenvalue weighted by molar-refractivity contribution is -0.517. The molecule has 1 saturated heterocycles. The zero-order valence-corrected chi connectivity index (χ0v) is 18.9. The molecule has 1 aliphatic rings. The monoisotopic (exact) mass is 442 g/mol. The summed E-state index contributed by atoms with van der Waals surface area (Å²) < 4.78 is 28.1. The van der Waals surface area contributed by atoms with Gasteiger partial charge >= 0.3 is 0 Å². The van der Waals surface area contributed by atoms with Crippen molar-refractivity contribution >= 4 is 29.2 Å². The fourth-order valence-electron chi connectivity index (χ4n) is 3.87. The third kappa shape index (κ3) is 5.20. The molecule has 1 amide bonds. The Labute approximate surface area is 187 Å². The fraction of sp³-hybridized carbons (Fsp3) is 0.333. The van der Waals surface area contributed by atoms with Crippen LogP contribution in [0, 0.1) is 17.0 Å². The lowest BCUT2D eigenvalue weighted by Gasteiger charge is -2.24. The summed E-state index contributed by atoms with van der Waals surface area (Å²) >= 11 is 0. The smallest absolute Gasteiger partial charge is 0.265 e. The van der Waals surface area contributed by atoms with Gasteiger partial charge in [0.1, 0.15) is 28.6 Å². The van der Waals surface area contributed by atoms with Gasteiger partial charge in [-0.2, -0.15) is 0 Å². The molecular formula is C24H30F2N5O+. The topological polar surface area (TPSA) is 67.2 Å². The van der Waals surface area contributed by atoms with E-state index in [0.29, 0.717) is 23.1 Å². The Morgan fingerprint density at radius 3 is 2.41 bits per heavy atom. The van der Waals surface area contributed by atoms with E-state index < -0.39 is 5.91 Å². The van der Waals surface area contributed by atoms with Gasteiger partial charge in [-0.25, -0.2) is 8.78 Å². The van der Waals surface area contributed by atoms with Gasteiger partial charge in [0.2, 0.25) is 0 Å². The summed E-state index contributed by atoms with van der Waals surface area (Å²) in [7, 11) is 5.61. The number of allylic oxidation sites excluding steroid dienone is 1. The second kappa shape index (κ2) is 10.0. The fourth-order valence-corrected chi connectivity index (χ4v) is 3.87. The van der Waals surface area contributed by atoms with Crippen molar-refractivity contribution < 1.29 is 18.9 Å². The highest BCUT2D eigenvalue weighted by atomic mass is 19.1. The van der Waals surface area contributed by atoms with Crippen molar-refractivity contribution in [2.75, 3.05) is 44.0 Å². The van der Waals surface area contributed by atoms with Crippen LogP contribution < -0.4 is 15.1 Å². The van der Waals surface area contributed by atoms with Crippen molar-refractivity contribution in [2.24, 2.45) is 0 Å². The molecule has 1 atom stereocenters. The number of hydrogen-bond donors (Lipinski definition) is 2. The third-order valence-electron chi connectivity index (χ3n) is 5.91. The molecule has 3 rings (SSSR count). The van der Waals surface area contributed by atoms with Crippen LogP contribution in [-0.2, 0) is 4.79 Å². The first kappa shape index (κ1) is 23.6. The van der Waals surface area contributed by atoms with E-state index in [-0.39, 0.29) is 17.2 Å². The zero-order valence-electron chi connectivity index (χ0n) is 18.9. The Bertz CT molecular complexity index is 1020. The number of nitrogens with two attached hydrogens (primary N) is 1. The number of amides is 1. The summed E-state index contributed by atoms with van der Waals surface area (Å²) in [5.74, 6) is -1.14. The molecule has 2 aromatic carbocycles. The average Bonchev–Trinajstić information content (AvgIpc) is 3.25. The van der Waals surface area contributed by atoms with Gasteiger partial charge in [0.05, 0.1) is 5.69 Å². The number of halogens is 2. The van der Waals surface area contributed by atoms with E-state index in [1.165, 1.54) is 23.1 Å². The molecule has 8 heteroatoms. The van der Waals surface area contributed by atoms with E-state index >= 15 is 0 Å². The van der Waals surface area contributed by atoms with Crippen LogP contribution in [0.2, 0.25) is 0 Å².